The second-order valence-corrected chi connectivity index (χ2v) is 5.40. The van der Waals surface area contributed by atoms with Crippen LogP contribution in [-0.2, 0) is 4.79 Å². The molecule has 0 aromatic heterocycles. The minimum atomic E-state index is -1.14. The molecule has 3 rings (SSSR count). The maximum Gasteiger partial charge on any atom is 0.335 e. The molecule has 1 aliphatic rings. The summed E-state index contributed by atoms with van der Waals surface area (Å²) in [6, 6.07) is 10.7. The highest BCUT2D eigenvalue weighted by Crippen LogP contribution is 2.28. The van der Waals surface area contributed by atoms with Crippen LogP contribution in [0.5, 0.6) is 0 Å². The summed E-state index contributed by atoms with van der Waals surface area (Å²) in [6.45, 7) is 0. The number of carboxylic acid groups (broad SMARTS) is 1. The summed E-state index contributed by atoms with van der Waals surface area (Å²) in [4.78, 5) is 35.7. The molecule has 6 heteroatoms. The van der Waals surface area contributed by atoms with Gasteiger partial charge in [0.25, 0.3) is 5.91 Å². The Hall–Kier alpha value is -2.92. The predicted octanol–water partition coefficient (Wildman–Crippen LogP) is 3.26. The quantitative estimate of drug-likeness (QED) is 0.655. The monoisotopic (exact) mass is 327 g/mol. The molecule has 2 N–H and O–H groups in total. The van der Waals surface area contributed by atoms with Crippen molar-refractivity contribution in [1.82, 2.24) is 0 Å². The number of hydrogen-bond acceptors (Lipinski definition) is 3. The average Bonchev–Trinajstić information content (AvgIpc) is 2.51. The highest BCUT2D eigenvalue weighted by Gasteiger charge is 2.29. The molecule has 114 valence electrons. The summed E-state index contributed by atoms with van der Waals surface area (Å²) in [6.07, 6.45) is 1.43. The van der Waals surface area contributed by atoms with Gasteiger partial charge in [0.05, 0.1) is 16.8 Å². The summed E-state index contributed by atoms with van der Waals surface area (Å²) >= 11 is 5.89. The molecule has 1 aliphatic heterocycles. The number of anilines is 1. The molecule has 2 aromatic carbocycles. The van der Waals surface area contributed by atoms with Gasteiger partial charge >= 0.3 is 5.97 Å². The lowest BCUT2D eigenvalue weighted by atomic mass is 9.94. The zero-order valence-corrected chi connectivity index (χ0v) is 12.4. The molecule has 0 bridgehead atoms. The van der Waals surface area contributed by atoms with Crippen LogP contribution in [-0.4, -0.2) is 22.8 Å². The normalized spacial score (nSPS) is 15.3. The number of hydrogen-bond donors (Lipinski definition) is 2. The summed E-state index contributed by atoms with van der Waals surface area (Å²) in [5.41, 5.74) is 0.970. The second kappa shape index (κ2) is 5.70. The Morgan fingerprint density at radius 2 is 1.91 bits per heavy atom. The number of aromatic carboxylic acids is 1. The van der Waals surface area contributed by atoms with Gasteiger partial charge < -0.3 is 10.4 Å². The van der Waals surface area contributed by atoms with E-state index in [0.29, 0.717) is 16.3 Å². The SMILES string of the molecule is O=C1Nc2ccc(C(=O)O)cc2C(=O)C1=Cc1cccc(Cl)c1. The van der Waals surface area contributed by atoms with Crippen molar-refractivity contribution in [1.29, 1.82) is 0 Å². The predicted molar refractivity (Wildman–Crippen MR) is 85.8 cm³/mol. The summed E-state index contributed by atoms with van der Waals surface area (Å²) in [5, 5.41) is 12.1. The Morgan fingerprint density at radius 3 is 2.61 bits per heavy atom. The molecule has 0 saturated heterocycles. The first kappa shape index (κ1) is 15.0. The van der Waals surface area contributed by atoms with E-state index in [1.165, 1.54) is 24.3 Å². The van der Waals surface area contributed by atoms with Crippen molar-refractivity contribution in [2.24, 2.45) is 0 Å². The molecule has 0 aliphatic carbocycles. The number of halogens is 1. The number of benzene rings is 2. The molecule has 1 heterocycles. The zero-order chi connectivity index (χ0) is 16.6. The van der Waals surface area contributed by atoms with Crippen molar-refractivity contribution in [2.45, 2.75) is 0 Å². The molecule has 23 heavy (non-hydrogen) atoms. The van der Waals surface area contributed by atoms with Crippen molar-refractivity contribution >= 4 is 41.0 Å². The van der Waals surface area contributed by atoms with Gasteiger partial charge in [-0.1, -0.05) is 23.7 Å². The highest BCUT2D eigenvalue weighted by molar-refractivity contribution is 6.36. The standard InChI is InChI=1S/C17H10ClNO4/c18-11-3-1-2-9(6-11)7-13-15(20)12-8-10(17(22)23)4-5-14(12)19-16(13)21/h1-8H,(H,19,21)(H,22,23). The van der Waals surface area contributed by atoms with Crippen LogP contribution in [0.3, 0.4) is 0 Å². The van der Waals surface area contributed by atoms with Crippen molar-refractivity contribution in [3.63, 3.8) is 0 Å². The maximum atomic E-state index is 12.5. The zero-order valence-electron chi connectivity index (χ0n) is 11.7. The molecule has 0 spiro atoms. The van der Waals surface area contributed by atoms with Crippen LogP contribution in [0.2, 0.25) is 5.02 Å². The van der Waals surface area contributed by atoms with E-state index in [9.17, 15) is 14.4 Å². The van der Waals surface area contributed by atoms with Crippen molar-refractivity contribution in [3.05, 3.63) is 69.8 Å². The molecular weight excluding hydrogens is 318 g/mol. The van der Waals surface area contributed by atoms with E-state index in [0.717, 1.165) is 0 Å². The van der Waals surface area contributed by atoms with E-state index in [1.807, 2.05) is 0 Å². The number of carboxylic acids is 1. The topological polar surface area (TPSA) is 83.5 Å². The largest absolute Gasteiger partial charge is 0.478 e. The van der Waals surface area contributed by atoms with Crippen LogP contribution < -0.4 is 5.32 Å². The Morgan fingerprint density at radius 1 is 1.13 bits per heavy atom. The van der Waals surface area contributed by atoms with E-state index in [1.54, 1.807) is 24.3 Å². The number of ketones is 1. The third-order valence-corrected chi connectivity index (χ3v) is 3.64. The van der Waals surface area contributed by atoms with Gasteiger partial charge in [-0.05, 0) is 42.0 Å². The van der Waals surface area contributed by atoms with Crippen LogP contribution >= 0.6 is 11.6 Å². The van der Waals surface area contributed by atoms with Gasteiger partial charge in [-0.3, -0.25) is 9.59 Å². The van der Waals surface area contributed by atoms with Gasteiger partial charge in [-0.15, -0.1) is 0 Å². The number of carbonyl (C=O) groups is 3. The summed E-state index contributed by atoms with van der Waals surface area (Å²) in [7, 11) is 0. The number of rotatable bonds is 2. The van der Waals surface area contributed by atoms with E-state index in [2.05, 4.69) is 5.32 Å². The fourth-order valence-corrected chi connectivity index (χ4v) is 2.50. The number of amides is 1. The van der Waals surface area contributed by atoms with Crippen LogP contribution in [0, 0.1) is 0 Å². The van der Waals surface area contributed by atoms with Gasteiger partial charge in [-0.2, -0.15) is 0 Å². The van der Waals surface area contributed by atoms with E-state index in [4.69, 9.17) is 16.7 Å². The first-order chi connectivity index (χ1) is 11.0. The number of carbonyl (C=O) groups excluding carboxylic acids is 2. The van der Waals surface area contributed by atoms with Crippen molar-refractivity contribution < 1.29 is 19.5 Å². The van der Waals surface area contributed by atoms with Crippen LogP contribution in [0.1, 0.15) is 26.3 Å². The Labute approximate surface area is 136 Å². The third-order valence-electron chi connectivity index (χ3n) is 3.41. The lowest BCUT2D eigenvalue weighted by Gasteiger charge is -2.18. The van der Waals surface area contributed by atoms with Crippen LogP contribution in [0.25, 0.3) is 6.08 Å². The highest BCUT2D eigenvalue weighted by atomic mass is 35.5. The van der Waals surface area contributed by atoms with E-state index in [-0.39, 0.29) is 16.7 Å². The molecule has 0 unspecified atom stereocenters. The second-order valence-electron chi connectivity index (χ2n) is 4.96. The number of Topliss-reactive ketones (excluding diaryl/α,β-unsaturated/α-hetero) is 1. The fourth-order valence-electron chi connectivity index (χ4n) is 2.31. The van der Waals surface area contributed by atoms with Crippen molar-refractivity contribution in [3.8, 4) is 0 Å². The Bertz CT molecular complexity index is 886. The van der Waals surface area contributed by atoms with E-state index >= 15 is 0 Å². The molecule has 5 nitrogen and oxygen atoms in total. The lowest BCUT2D eigenvalue weighted by Crippen LogP contribution is -2.27. The molecule has 2 aromatic rings. The fraction of sp³-hybridized carbons (Fsp3) is 0. The molecular formula is C17H10ClNO4. The smallest absolute Gasteiger partial charge is 0.335 e. The molecule has 0 radical (unpaired) electrons. The van der Waals surface area contributed by atoms with E-state index < -0.39 is 17.7 Å². The number of nitrogens with one attached hydrogen (secondary N) is 1. The maximum absolute atomic E-state index is 12.5. The summed E-state index contributed by atoms with van der Waals surface area (Å²) in [5.74, 6) is -2.20. The van der Waals surface area contributed by atoms with Gasteiger partial charge in [0, 0.05) is 10.6 Å². The Kier molecular flexibility index (Phi) is 3.72. The minimum absolute atomic E-state index is 0.0182. The molecule has 0 atom stereocenters. The van der Waals surface area contributed by atoms with Gasteiger partial charge in [-0.25, -0.2) is 4.79 Å². The first-order valence-corrected chi connectivity index (χ1v) is 7.04. The Balaban J connectivity index is 2.08. The van der Waals surface area contributed by atoms with Gasteiger partial charge in [0.1, 0.15) is 0 Å². The van der Waals surface area contributed by atoms with Crippen LogP contribution in [0.4, 0.5) is 5.69 Å². The third kappa shape index (κ3) is 2.86. The van der Waals surface area contributed by atoms with Crippen LogP contribution in [0.15, 0.2) is 48.0 Å². The summed E-state index contributed by atoms with van der Waals surface area (Å²) < 4.78 is 0. The first-order valence-electron chi connectivity index (χ1n) is 6.66. The minimum Gasteiger partial charge on any atom is -0.478 e. The lowest BCUT2D eigenvalue weighted by molar-refractivity contribution is -0.112. The molecule has 0 saturated carbocycles. The van der Waals surface area contributed by atoms with Gasteiger partial charge in [0.2, 0.25) is 5.78 Å². The molecule has 0 fully saturated rings. The molecule has 1 amide bonds. The average molecular weight is 328 g/mol. The van der Waals surface area contributed by atoms with Gasteiger partial charge in [0.15, 0.2) is 0 Å². The van der Waals surface area contributed by atoms with Crippen molar-refractivity contribution in [2.75, 3.05) is 5.32 Å². The number of fused-ring (bicyclic) bond motifs is 1.